The Labute approximate surface area is 113 Å². The highest BCUT2D eigenvalue weighted by atomic mass is 35.5. The Balaban J connectivity index is 2.31. The van der Waals surface area contributed by atoms with E-state index >= 15 is 0 Å². The highest BCUT2D eigenvalue weighted by Crippen LogP contribution is 2.31. The molecule has 0 unspecified atom stereocenters. The van der Waals surface area contributed by atoms with Gasteiger partial charge in [-0.05, 0) is 17.7 Å². The summed E-state index contributed by atoms with van der Waals surface area (Å²) in [7, 11) is 0. The fourth-order valence-electron chi connectivity index (χ4n) is 1.36. The SMILES string of the molecule is NCc1ccc(Sc2nc(N)cc(=O)[nH]2)c(Cl)c1. The van der Waals surface area contributed by atoms with Gasteiger partial charge in [0.05, 0.1) is 5.02 Å². The van der Waals surface area contributed by atoms with Gasteiger partial charge < -0.3 is 16.5 Å². The summed E-state index contributed by atoms with van der Waals surface area (Å²) in [6.45, 7) is 0.429. The molecule has 7 heteroatoms. The van der Waals surface area contributed by atoms with Crippen LogP contribution in [-0.2, 0) is 6.54 Å². The van der Waals surface area contributed by atoms with Crippen LogP contribution in [-0.4, -0.2) is 9.97 Å². The molecular weight excluding hydrogens is 272 g/mol. The fraction of sp³-hybridized carbons (Fsp3) is 0.0909. The third-order valence-electron chi connectivity index (χ3n) is 2.18. The first kappa shape index (κ1) is 12.9. The molecule has 0 aliphatic heterocycles. The highest BCUT2D eigenvalue weighted by molar-refractivity contribution is 7.99. The van der Waals surface area contributed by atoms with Crippen molar-refractivity contribution in [2.75, 3.05) is 5.73 Å². The molecular formula is C11H11ClN4OS. The Hall–Kier alpha value is -1.50. The van der Waals surface area contributed by atoms with Gasteiger partial charge in [-0.1, -0.05) is 29.4 Å². The van der Waals surface area contributed by atoms with E-state index < -0.39 is 0 Å². The maximum atomic E-state index is 11.2. The molecule has 2 rings (SSSR count). The summed E-state index contributed by atoms with van der Waals surface area (Å²) >= 11 is 7.35. The number of aromatic nitrogens is 2. The molecule has 5 N–H and O–H groups in total. The first-order chi connectivity index (χ1) is 8.58. The van der Waals surface area contributed by atoms with Crippen molar-refractivity contribution in [3.8, 4) is 0 Å². The quantitative estimate of drug-likeness (QED) is 0.743. The summed E-state index contributed by atoms with van der Waals surface area (Å²) in [5.41, 5.74) is 11.7. The second-order valence-corrected chi connectivity index (χ2v) is 4.98. The van der Waals surface area contributed by atoms with Gasteiger partial charge in [0.25, 0.3) is 5.56 Å². The molecule has 0 saturated carbocycles. The third kappa shape index (κ3) is 3.04. The standard InChI is InChI=1S/C11H11ClN4OS/c12-7-3-6(5-13)1-2-8(7)18-11-15-9(14)4-10(17)16-11/h1-4H,5,13H2,(H3,14,15,16,17). The minimum absolute atomic E-state index is 0.177. The molecule has 2 aromatic rings. The summed E-state index contributed by atoms with van der Waals surface area (Å²) < 4.78 is 0. The smallest absolute Gasteiger partial charge is 0.253 e. The minimum Gasteiger partial charge on any atom is -0.383 e. The van der Waals surface area contributed by atoms with Gasteiger partial charge in [0.15, 0.2) is 5.16 Å². The summed E-state index contributed by atoms with van der Waals surface area (Å²) in [6, 6.07) is 6.72. The number of aromatic amines is 1. The van der Waals surface area contributed by atoms with Gasteiger partial charge in [-0.15, -0.1) is 0 Å². The van der Waals surface area contributed by atoms with Crippen molar-refractivity contribution in [3.63, 3.8) is 0 Å². The number of benzene rings is 1. The number of H-pyrrole nitrogens is 1. The predicted molar refractivity (Wildman–Crippen MR) is 72.7 cm³/mol. The monoisotopic (exact) mass is 282 g/mol. The molecule has 94 valence electrons. The van der Waals surface area contributed by atoms with Crippen molar-refractivity contribution >= 4 is 29.2 Å². The van der Waals surface area contributed by atoms with Crippen molar-refractivity contribution in [3.05, 3.63) is 45.2 Å². The number of nitrogens with one attached hydrogen (secondary N) is 1. The van der Waals surface area contributed by atoms with Gasteiger partial charge in [0.1, 0.15) is 5.82 Å². The number of hydrogen-bond donors (Lipinski definition) is 3. The van der Waals surface area contributed by atoms with Crippen LogP contribution in [0.15, 0.2) is 39.1 Å². The lowest BCUT2D eigenvalue weighted by Crippen LogP contribution is -2.09. The number of rotatable bonds is 3. The lowest BCUT2D eigenvalue weighted by atomic mass is 10.2. The van der Waals surface area contributed by atoms with Gasteiger partial charge in [-0.25, -0.2) is 4.98 Å². The molecule has 18 heavy (non-hydrogen) atoms. The first-order valence-corrected chi connectivity index (χ1v) is 6.31. The molecule has 0 amide bonds. The number of hydrogen-bond acceptors (Lipinski definition) is 5. The van der Waals surface area contributed by atoms with Crippen molar-refractivity contribution in [1.29, 1.82) is 0 Å². The predicted octanol–water partition coefficient (Wildman–Crippen LogP) is 1.62. The van der Waals surface area contributed by atoms with Crippen LogP contribution in [0.1, 0.15) is 5.56 Å². The van der Waals surface area contributed by atoms with Crippen molar-refractivity contribution in [2.24, 2.45) is 5.73 Å². The highest BCUT2D eigenvalue weighted by Gasteiger charge is 2.06. The Morgan fingerprint density at radius 3 is 2.78 bits per heavy atom. The molecule has 0 fully saturated rings. The molecule has 0 spiro atoms. The van der Waals surface area contributed by atoms with Crippen LogP contribution in [0.5, 0.6) is 0 Å². The summed E-state index contributed by atoms with van der Waals surface area (Å²) in [5, 5.41) is 0.968. The molecule has 5 nitrogen and oxygen atoms in total. The van der Waals surface area contributed by atoms with Crippen LogP contribution in [0.25, 0.3) is 0 Å². The minimum atomic E-state index is -0.292. The molecule has 0 aliphatic carbocycles. The zero-order chi connectivity index (χ0) is 13.1. The molecule has 1 heterocycles. The van der Waals surface area contributed by atoms with Gasteiger partial charge in [-0.3, -0.25) is 4.79 Å². The summed E-state index contributed by atoms with van der Waals surface area (Å²) in [6.07, 6.45) is 0. The second-order valence-electron chi connectivity index (χ2n) is 3.55. The van der Waals surface area contributed by atoms with E-state index in [0.29, 0.717) is 16.7 Å². The molecule has 0 saturated heterocycles. The Morgan fingerprint density at radius 1 is 1.39 bits per heavy atom. The number of nitrogens with zero attached hydrogens (tertiary/aromatic N) is 1. The van der Waals surface area contributed by atoms with Crippen LogP contribution >= 0.6 is 23.4 Å². The summed E-state index contributed by atoms with van der Waals surface area (Å²) in [4.78, 5) is 18.6. The van der Waals surface area contributed by atoms with Crippen LogP contribution in [0.3, 0.4) is 0 Å². The second kappa shape index (κ2) is 5.43. The number of anilines is 1. The topological polar surface area (TPSA) is 97.8 Å². The zero-order valence-corrected chi connectivity index (χ0v) is 10.9. The number of halogens is 1. The van der Waals surface area contributed by atoms with Gasteiger partial charge in [0, 0.05) is 17.5 Å². The van der Waals surface area contributed by atoms with E-state index in [1.807, 2.05) is 12.1 Å². The van der Waals surface area contributed by atoms with E-state index in [-0.39, 0.29) is 11.4 Å². The van der Waals surface area contributed by atoms with Gasteiger partial charge >= 0.3 is 0 Å². The normalized spacial score (nSPS) is 10.6. The van der Waals surface area contributed by atoms with Crippen molar-refractivity contribution in [1.82, 2.24) is 9.97 Å². The zero-order valence-electron chi connectivity index (χ0n) is 9.31. The van der Waals surface area contributed by atoms with E-state index in [0.717, 1.165) is 10.5 Å². The molecule has 0 bridgehead atoms. The van der Waals surface area contributed by atoms with Crippen LogP contribution in [0.2, 0.25) is 5.02 Å². The van der Waals surface area contributed by atoms with E-state index in [4.69, 9.17) is 23.1 Å². The average Bonchev–Trinajstić information content (AvgIpc) is 2.30. The van der Waals surface area contributed by atoms with E-state index in [1.165, 1.54) is 17.8 Å². The Bertz CT molecular complexity index is 629. The van der Waals surface area contributed by atoms with Gasteiger partial charge in [0.2, 0.25) is 0 Å². The Kier molecular flexibility index (Phi) is 3.90. The number of nitrogen functional groups attached to an aromatic ring is 1. The average molecular weight is 283 g/mol. The molecule has 1 aromatic heterocycles. The molecule has 0 radical (unpaired) electrons. The fourth-order valence-corrected chi connectivity index (χ4v) is 2.48. The first-order valence-electron chi connectivity index (χ1n) is 5.11. The van der Waals surface area contributed by atoms with E-state index in [2.05, 4.69) is 9.97 Å². The van der Waals surface area contributed by atoms with Crippen molar-refractivity contribution in [2.45, 2.75) is 16.6 Å². The molecule has 1 aromatic carbocycles. The van der Waals surface area contributed by atoms with E-state index in [9.17, 15) is 4.79 Å². The lowest BCUT2D eigenvalue weighted by molar-refractivity contribution is 0.945. The maximum Gasteiger partial charge on any atom is 0.253 e. The Morgan fingerprint density at radius 2 is 2.17 bits per heavy atom. The summed E-state index contributed by atoms with van der Waals surface area (Å²) in [5.74, 6) is 0.177. The third-order valence-corrected chi connectivity index (χ3v) is 3.57. The maximum absolute atomic E-state index is 11.2. The lowest BCUT2D eigenvalue weighted by Gasteiger charge is -2.05. The largest absolute Gasteiger partial charge is 0.383 e. The number of nitrogens with two attached hydrogens (primary N) is 2. The van der Waals surface area contributed by atoms with Crippen LogP contribution < -0.4 is 17.0 Å². The van der Waals surface area contributed by atoms with Crippen molar-refractivity contribution < 1.29 is 0 Å². The molecule has 0 atom stereocenters. The van der Waals surface area contributed by atoms with Crippen LogP contribution in [0.4, 0.5) is 5.82 Å². The molecule has 0 aliphatic rings. The van der Waals surface area contributed by atoms with Crippen LogP contribution in [0, 0.1) is 0 Å². The van der Waals surface area contributed by atoms with Gasteiger partial charge in [-0.2, -0.15) is 0 Å². The van der Waals surface area contributed by atoms with E-state index in [1.54, 1.807) is 6.07 Å².